The first-order chi connectivity index (χ1) is 13.7. The average molecular weight is 448 g/mol. The zero-order valence-corrected chi connectivity index (χ0v) is 18.2. The Kier molecular flexibility index (Phi) is 11.5. The molecule has 5 heteroatoms. The Morgan fingerprint density at radius 2 is 1.07 bits per heavy atom. The number of allylic oxidation sites excluding steroid dienone is 2. The molecule has 0 aromatic heterocycles. The van der Waals surface area contributed by atoms with Gasteiger partial charge in [-0.3, -0.25) is 9.98 Å². The zero-order chi connectivity index (χ0) is 19.6. The van der Waals surface area contributed by atoms with Gasteiger partial charge in [0.2, 0.25) is 0 Å². The molecule has 0 spiro atoms. The van der Waals surface area contributed by atoms with Gasteiger partial charge in [-0.1, -0.05) is 73.5 Å². The molecule has 1 fully saturated rings. The normalized spacial score (nSPS) is 20.0. The fraction of sp³-hybridized carbons (Fsp3) is 0.240. The standard InChI is InChI=1S/C24H26N2O2.CH3.Co/c27-23(19-9-3-1-4-10-19)15-17-25-21-13-7-8-14-22(21)26-18-16-24(28)20-11-5-2-6-12-20;;/h1-6,9-12,15-18,21-22,27-28H,7-8,13-14H2;1H3;/q;-1;. The summed E-state index contributed by atoms with van der Waals surface area (Å²) in [7, 11) is 0. The Balaban J connectivity index is 0.00000225. The van der Waals surface area contributed by atoms with Crippen molar-refractivity contribution < 1.29 is 27.0 Å². The van der Waals surface area contributed by atoms with E-state index in [1.807, 2.05) is 60.7 Å². The molecule has 1 aliphatic rings. The molecule has 2 aromatic carbocycles. The third-order valence-electron chi connectivity index (χ3n) is 4.85. The molecule has 0 amide bonds. The second-order valence-corrected chi connectivity index (χ2v) is 6.85. The fourth-order valence-corrected chi connectivity index (χ4v) is 3.30. The van der Waals surface area contributed by atoms with E-state index < -0.39 is 0 Å². The van der Waals surface area contributed by atoms with Crippen molar-refractivity contribution in [2.45, 2.75) is 37.8 Å². The van der Waals surface area contributed by atoms with E-state index >= 15 is 0 Å². The number of benzene rings is 2. The van der Waals surface area contributed by atoms with E-state index in [-0.39, 0.29) is 47.8 Å². The minimum Gasteiger partial charge on any atom is -0.507 e. The van der Waals surface area contributed by atoms with E-state index in [9.17, 15) is 10.2 Å². The molecular formula is C25H29CoN2O2-. The van der Waals surface area contributed by atoms with Crippen LogP contribution in [0.25, 0.3) is 11.5 Å². The number of aliphatic imine (C=N–C) groups is 2. The molecule has 30 heavy (non-hydrogen) atoms. The van der Waals surface area contributed by atoms with Crippen LogP contribution in [0.3, 0.4) is 0 Å². The maximum Gasteiger partial charge on any atom is 0.124 e. The third-order valence-corrected chi connectivity index (χ3v) is 4.85. The summed E-state index contributed by atoms with van der Waals surface area (Å²) < 4.78 is 0. The molecule has 0 aliphatic heterocycles. The van der Waals surface area contributed by atoms with Gasteiger partial charge < -0.3 is 17.6 Å². The molecule has 161 valence electrons. The van der Waals surface area contributed by atoms with E-state index in [2.05, 4.69) is 9.98 Å². The molecular weight excluding hydrogens is 419 g/mol. The van der Waals surface area contributed by atoms with Crippen LogP contribution >= 0.6 is 0 Å². The average Bonchev–Trinajstić information content (AvgIpc) is 2.76. The molecule has 1 aliphatic carbocycles. The van der Waals surface area contributed by atoms with Gasteiger partial charge in [-0.2, -0.15) is 0 Å². The fourth-order valence-electron chi connectivity index (χ4n) is 3.30. The summed E-state index contributed by atoms with van der Waals surface area (Å²) in [6.07, 6.45) is 10.8. The minimum atomic E-state index is 0. The Hall–Kier alpha value is -2.63. The first-order valence-electron chi connectivity index (χ1n) is 9.70. The van der Waals surface area contributed by atoms with Gasteiger partial charge in [0.05, 0.1) is 12.1 Å². The van der Waals surface area contributed by atoms with E-state index in [4.69, 9.17) is 0 Å². The van der Waals surface area contributed by atoms with Crippen molar-refractivity contribution in [1.29, 1.82) is 0 Å². The summed E-state index contributed by atoms with van der Waals surface area (Å²) in [6.45, 7) is 0. The number of hydrogen-bond donors (Lipinski definition) is 2. The molecule has 3 rings (SSSR count). The van der Waals surface area contributed by atoms with Crippen molar-refractivity contribution in [3.63, 3.8) is 0 Å². The number of rotatable bonds is 6. The quantitative estimate of drug-likeness (QED) is 0.319. The Morgan fingerprint density at radius 1 is 0.700 bits per heavy atom. The number of nitrogens with zero attached hydrogens (tertiary/aromatic N) is 2. The number of aliphatic hydroxyl groups is 2. The van der Waals surface area contributed by atoms with Crippen molar-refractivity contribution in [1.82, 2.24) is 0 Å². The molecule has 0 heterocycles. The van der Waals surface area contributed by atoms with E-state index in [0.29, 0.717) is 0 Å². The van der Waals surface area contributed by atoms with Crippen molar-refractivity contribution >= 4 is 23.9 Å². The largest absolute Gasteiger partial charge is 0.507 e. The molecule has 2 N–H and O–H groups in total. The van der Waals surface area contributed by atoms with Crippen molar-refractivity contribution in [2.24, 2.45) is 9.98 Å². The van der Waals surface area contributed by atoms with E-state index in [1.165, 1.54) is 0 Å². The van der Waals surface area contributed by atoms with Gasteiger partial charge in [-0.25, -0.2) is 0 Å². The molecule has 2 unspecified atom stereocenters. The first kappa shape index (κ1) is 25.4. The Bertz CT molecular complexity index is 788. The van der Waals surface area contributed by atoms with Crippen molar-refractivity contribution in [3.05, 3.63) is 91.4 Å². The maximum absolute atomic E-state index is 10.1. The van der Waals surface area contributed by atoms with E-state index in [0.717, 1.165) is 36.8 Å². The van der Waals surface area contributed by atoms with Gasteiger partial charge in [0, 0.05) is 40.3 Å². The molecule has 1 saturated carbocycles. The molecule has 2 atom stereocenters. The molecule has 1 radical (unpaired) electrons. The number of hydrogen-bond acceptors (Lipinski definition) is 4. The van der Waals surface area contributed by atoms with Gasteiger partial charge in [-0.15, -0.1) is 0 Å². The number of aliphatic hydroxyl groups excluding tert-OH is 2. The predicted octanol–water partition coefficient (Wildman–Crippen LogP) is 6.09. The van der Waals surface area contributed by atoms with Crippen LogP contribution in [0.15, 0.2) is 82.8 Å². The van der Waals surface area contributed by atoms with Crippen molar-refractivity contribution in [3.8, 4) is 0 Å². The van der Waals surface area contributed by atoms with Crippen LogP contribution in [0.1, 0.15) is 36.8 Å². The zero-order valence-electron chi connectivity index (χ0n) is 17.2. The summed E-state index contributed by atoms with van der Waals surface area (Å²) in [5, 5.41) is 20.3. The van der Waals surface area contributed by atoms with Crippen molar-refractivity contribution in [2.75, 3.05) is 0 Å². The summed E-state index contributed by atoms with van der Waals surface area (Å²) in [5.41, 5.74) is 1.54. The van der Waals surface area contributed by atoms with Crippen LogP contribution in [0.2, 0.25) is 0 Å². The summed E-state index contributed by atoms with van der Waals surface area (Å²) in [4.78, 5) is 9.26. The second kappa shape index (κ2) is 13.6. The van der Waals surface area contributed by atoms with E-state index in [1.54, 1.807) is 24.6 Å². The second-order valence-electron chi connectivity index (χ2n) is 6.85. The summed E-state index contributed by atoms with van der Waals surface area (Å²) in [5.74, 6) is 0.409. The van der Waals surface area contributed by atoms with Crippen LogP contribution < -0.4 is 0 Å². The molecule has 0 saturated heterocycles. The first-order valence-corrected chi connectivity index (χ1v) is 9.70. The minimum absolute atomic E-state index is 0. The van der Waals surface area contributed by atoms with Crippen LogP contribution in [0, 0.1) is 7.43 Å². The van der Waals surface area contributed by atoms with Crippen LogP contribution in [-0.2, 0) is 16.8 Å². The van der Waals surface area contributed by atoms with Gasteiger partial charge in [0.1, 0.15) is 11.5 Å². The summed E-state index contributed by atoms with van der Waals surface area (Å²) in [6, 6.07) is 19.0. The SMILES string of the molecule is OC(=CC=NC1CCCCC1N=CC=C(O)c1ccccc1)c1ccccc1.[CH3-].[Co]. The topological polar surface area (TPSA) is 65.2 Å². The Morgan fingerprint density at radius 3 is 1.43 bits per heavy atom. The smallest absolute Gasteiger partial charge is 0.124 e. The van der Waals surface area contributed by atoms with Gasteiger partial charge in [0.15, 0.2) is 0 Å². The molecule has 0 bridgehead atoms. The Labute approximate surface area is 190 Å². The van der Waals surface area contributed by atoms with Gasteiger partial charge in [-0.05, 0) is 25.0 Å². The maximum atomic E-state index is 10.1. The molecule has 2 aromatic rings. The van der Waals surface area contributed by atoms with Crippen LogP contribution in [0.5, 0.6) is 0 Å². The van der Waals surface area contributed by atoms with Gasteiger partial charge in [0.25, 0.3) is 0 Å². The van der Waals surface area contributed by atoms with Crippen LogP contribution in [0.4, 0.5) is 0 Å². The summed E-state index contributed by atoms with van der Waals surface area (Å²) >= 11 is 0. The monoisotopic (exact) mass is 448 g/mol. The van der Waals surface area contributed by atoms with Crippen LogP contribution in [-0.4, -0.2) is 34.7 Å². The predicted molar refractivity (Wildman–Crippen MR) is 124 cm³/mol. The molecule has 4 nitrogen and oxygen atoms in total. The third kappa shape index (κ3) is 7.65. The van der Waals surface area contributed by atoms with Gasteiger partial charge >= 0.3 is 0 Å².